The van der Waals surface area contributed by atoms with Crippen molar-refractivity contribution < 1.29 is 35.7 Å². The Labute approximate surface area is 167 Å². The monoisotopic (exact) mass is 428 g/mol. The number of hydrogen-bond acceptors (Lipinski definition) is 8. The van der Waals surface area contributed by atoms with E-state index in [-0.39, 0.29) is 0 Å². The summed E-state index contributed by atoms with van der Waals surface area (Å²) >= 11 is 0. The lowest BCUT2D eigenvalue weighted by atomic mass is 10.5. The second-order valence-corrected chi connectivity index (χ2v) is 10.2. The average molecular weight is 429 g/mol. The first-order chi connectivity index (χ1) is 13.0. The number of rotatable bonds is 16. The van der Waals surface area contributed by atoms with Crippen LogP contribution in [0.1, 0.15) is 41.0 Å². The zero-order valence-electron chi connectivity index (χ0n) is 18.4. The van der Waals surface area contributed by atoms with Crippen LogP contribution in [0.5, 0.6) is 0 Å². The van der Waals surface area contributed by atoms with E-state index in [1.54, 1.807) is 27.6 Å². The summed E-state index contributed by atoms with van der Waals surface area (Å²) in [5.74, 6) is 0. The second-order valence-electron chi connectivity index (χ2n) is 4.97. The van der Waals surface area contributed by atoms with E-state index in [1.807, 2.05) is 40.7 Å². The fourth-order valence-corrected chi connectivity index (χ4v) is 5.65. The molecule has 0 spiro atoms. The maximum Gasteiger partial charge on any atom is 0.679 e. The zero-order chi connectivity index (χ0) is 21.0. The summed E-state index contributed by atoms with van der Waals surface area (Å²) in [6.07, 6.45) is 4.40. The molecule has 27 heavy (non-hydrogen) atoms. The van der Waals surface area contributed by atoms with E-state index in [4.69, 9.17) is 35.7 Å². The molecule has 0 saturated heterocycles. The fourth-order valence-electron chi connectivity index (χ4n) is 2.05. The van der Waals surface area contributed by atoms with Crippen molar-refractivity contribution >= 4 is 17.9 Å². The molecule has 8 nitrogen and oxygen atoms in total. The molecule has 0 unspecified atom stereocenters. The molecule has 0 radical (unpaired) electrons. The molecule has 164 valence electrons. The molecule has 0 bridgehead atoms. The quantitative estimate of drug-likeness (QED) is 0.210. The molecular formula is C17H40O8Si2. The third-order valence-corrected chi connectivity index (χ3v) is 8.60. The highest BCUT2D eigenvalue weighted by molar-refractivity contribution is 6.60. The Kier molecular flexibility index (Phi) is 20.4. The first kappa shape index (κ1) is 28.9. The first-order valence-electron chi connectivity index (χ1n) is 9.43. The van der Waals surface area contributed by atoms with Gasteiger partial charge in [-0.25, -0.2) is 0 Å². The van der Waals surface area contributed by atoms with Crippen molar-refractivity contribution in [3.8, 4) is 0 Å². The van der Waals surface area contributed by atoms with Gasteiger partial charge in [0.05, 0.1) is 12.9 Å². The Morgan fingerprint density at radius 1 is 0.704 bits per heavy atom. The predicted molar refractivity (Wildman–Crippen MR) is 109 cm³/mol. The molecule has 0 aromatic heterocycles. The molecule has 0 aliphatic heterocycles. The van der Waals surface area contributed by atoms with E-state index in [2.05, 4.69) is 0 Å². The van der Waals surface area contributed by atoms with Crippen molar-refractivity contribution in [1.29, 1.82) is 0 Å². The number of allylic oxidation sites excluding steroid dienone is 1. The zero-order valence-corrected chi connectivity index (χ0v) is 20.4. The van der Waals surface area contributed by atoms with E-state index < -0.39 is 17.9 Å². The Bertz CT molecular complexity index is 303. The highest BCUT2D eigenvalue weighted by atomic mass is 28.4. The summed E-state index contributed by atoms with van der Waals surface area (Å²) in [7, 11) is -0.326. The van der Waals surface area contributed by atoms with Crippen LogP contribution in [0.25, 0.3) is 0 Å². The summed E-state index contributed by atoms with van der Waals surface area (Å²) in [6.45, 7) is 12.4. The summed E-state index contributed by atoms with van der Waals surface area (Å²) in [5, 5.41) is 0. The molecule has 0 aromatic rings. The summed E-state index contributed by atoms with van der Waals surface area (Å²) in [5.41, 5.74) is 0. The second kappa shape index (κ2) is 19.0. The van der Waals surface area contributed by atoms with E-state index in [0.29, 0.717) is 33.0 Å². The molecule has 0 aliphatic rings. The lowest BCUT2D eigenvalue weighted by Crippen LogP contribution is -2.49. The van der Waals surface area contributed by atoms with Crippen molar-refractivity contribution in [2.45, 2.75) is 47.1 Å². The molecule has 0 aliphatic carbocycles. The van der Waals surface area contributed by atoms with E-state index in [0.717, 1.165) is 12.5 Å². The normalized spacial score (nSPS) is 12.1. The van der Waals surface area contributed by atoms with Gasteiger partial charge < -0.3 is 35.7 Å². The molecule has 0 amide bonds. The summed E-state index contributed by atoms with van der Waals surface area (Å²) in [4.78, 5) is 0. The molecule has 0 saturated carbocycles. The largest absolute Gasteiger partial charge is 0.679 e. The highest BCUT2D eigenvalue weighted by Crippen LogP contribution is 2.14. The van der Waals surface area contributed by atoms with Gasteiger partial charge in [-0.05, 0) is 41.0 Å². The van der Waals surface area contributed by atoms with Crippen LogP contribution >= 0.6 is 0 Å². The van der Waals surface area contributed by atoms with Gasteiger partial charge >= 0.3 is 17.9 Å². The summed E-state index contributed by atoms with van der Waals surface area (Å²) < 4.78 is 42.7. The van der Waals surface area contributed by atoms with Gasteiger partial charge in [-0.2, -0.15) is 0 Å². The average Bonchev–Trinajstić information content (AvgIpc) is 2.67. The Morgan fingerprint density at radius 2 is 1.11 bits per heavy atom. The van der Waals surface area contributed by atoms with Crippen LogP contribution in [-0.2, 0) is 35.7 Å². The molecule has 10 heteroatoms. The van der Waals surface area contributed by atoms with Gasteiger partial charge in [-0.15, -0.1) is 0 Å². The predicted octanol–water partition coefficient (Wildman–Crippen LogP) is 3.37. The Balaban J connectivity index is 0. The molecular weight excluding hydrogens is 388 g/mol. The smallest absolute Gasteiger partial charge is 0.502 e. The van der Waals surface area contributed by atoms with E-state index in [1.165, 1.54) is 0 Å². The lowest BCUT2D eigenvalue weighted by Gasteiger charge is -2.26. The maximum absolute atomic E-state index is 5.42. The maximum atomic E-state index is 5.42. The van der Waals surface area contributed by atoms with Crippen molar-refractivity contribution in [2.24, 2.45) is 0 Å². The molecule has 0 atom stereocenters. The van der Waals surface area contributed by atoms with Gasteiger partial charge in [-0.3, -0.25) is 0 Å². The number of hydrogen-bond donors (Lipinski definition) is 0. The van der Waals surface area contributed by atoms with E-state index in [9.17, 15) is 0 Å². The molecule has 0 rings (SSSR count). The first-order valence-corrected chi connectivity index (χ1v) is 13.0. The fraction of sp³-hybridized carbons (Fsp3) is 0.882. The van der Waals surface area contributed by atoms with Crippen molar-refractivity contribution in [3.05, 3.63) is 12.3 Å². The third-order valence-electron chi connectivity index (χ3n) is 3.19. The standard InChI is InChI=1S/C9H20O4Si.C8H20O4Si/c1-5-7-13-8-6-9-14(10-2,11-3)12-4;1-5-9-13(10-6-2,11-7-3)12-8-4/h5,7H,6,8-9H2,1-4H3;5-8H2,1-4H3. The SMILES string of the molecule is CC=COCCC[Si](OC)(OC)OC.CCO[Si](OCC)(OCC)OCC. The molecule has 0 fully saturated rings. The molecule has 0 heterocycles. The van der Waals surface area contributed by atoms with Crippen molar-refractivity contribution in [1.82, 2.24) is 0 Å². The van der Waals surface area contributed by atoms with Crippen LogP contribution < -0.4 is 0 Å². The van der Waals surface area contributed by atoms with Gasteiger partial charge in [0.15, 0.2) is 0 Å². The minimum atomic E-state index is -2.80. The van der Waals surface area contributed by atoms with E-state index >= 15 is 0 Å². The topological polar surface area (TPSA) is 73.8 Å². The van der Waals surface area contributed by atoms with Crippen LogP contribution in [0, 0.1) is 0 Å². The summed E-state index contributed by atoms with van der Waals surface area (Å²) in [6, 6.07) is 0.772. The van der Waals surface area contributed by atoms with Gasteiger partial charge in [0.1, 0.15) is 0 Å². The highest BCUT2D eigenvalue weighted by Gasteiger charge is 2.44. The van der Waals surface area contributed by atoms with Crippen LogP contribution in [-0.4, -0.2) is 72.2 Å². The van der Waals surface area contributed by atoms with Crippen molar-refractivity contribution in [2.75, 3.05) is 54.4 Å². The third kappa shape index (κ3) is 13.5. The molecule has 0 N–H and O–H groups in total. The van der Waals surface area contributed by atoms with Gasteiger partial charge in [0, 0.05) is 53.8 Å². The minimum Gasteiger partial charge on any atom is -0.502 e. The van der Waals surface area contributed by atoms with Crippen LogP contribution in [0.3, 0.4) is 0 Å². The van der Waals surface area contributed by atoms with Gasteiger partial charge in [0.25, 0.3) is 0 Å². The number of ether oxygens (including phenoxy) is 1. The van der Waals surface area contributed by atoms with Gasteiger partial charge in [-0.1, -0.05) is 6.08 Å². The Hall–Kier alpha value is -0.306. The van der Waals surface area contributed by atoms with Gasteiger partial charge in [0.2, 0.25) is 0 Å². The lowest BCUT2D eigenvalue weighted by molar-refractivity contribution is -0.0247. The van der Waals surface area contributed by atoms with Crippen molar-refractivity contribution in [3.63, 3.8) is 0 Å². The molecule has 0 aromatic carbocycles. The van der Waals surface area contributed by atoms with Crippen LogP contribution in [0.15, 0.2) is 12.3 Å². The van der Waals surface area contributed by atoms with Crippen LogP contribution in [0.2, 0.25) is 6.04 Å². The Morgan fingerprint density at radius 3 is 1.41 bits per heavy atom. The minimum absolute atomic E-state index is 0.548. The van der Waals surface area contributed by atoms with Crippen LogP contribution in [0.4, 0.5) is 0 Å².